The largest absolute Gasteiger partial charge is 0.481 e. The average Bonchev–Trinajstić information content (AvgIpc) is 2.49. The van der Waals surface area contributed by atoms with Gasteiger partial charge in [0.2, 0.25) is 0 Å². The van der Waals surface area contributed by atoms with E-state index in [1.54, 1.807) is 0 Å². The minimum absolute atomic E-state index is 0.310. The van der Waals surface area contributed by atoms with E-state index in [1.807, 2.05) is 0 Å². The second-order valence-electron chi connectivity index (χ2n) is 6.10. The minimum atomic E-state index is -0.665. The van der Waals surface area contributed by atoms with Gasteiger partial charge < -0.3 is 5.11 Å². The van der Waals surface area contributed by atoms with Crippen LogP contribution < -0.4 is 0 Å². The smallest absolute Gasteiger partial charge is 0.303 e. The summed E-state index contributed by atoms with van der Waals surface area (Å²) >= 11 is 0. The Bertz CT molecular complexity index is 261. The van der Waals surface area contributed by atoms with Gasteiger partial charge >= 0.3 is 5.97 Å². The van der Waals surface area contributed by atoms with E-state index in [1.165, 1.54) is 51.6 Å². The molecule has 0 aromatic carbocycles. The zero-order valence-electron chi connectivity index (χ0n) is 11.0. The zero-order chi connectivity index (χ0) is 12.3. The highest BCUT2D eigenvalue weighted by Crippen LogP contribution is 2.43. The van der Waals surface area contributed by atoms with Crippen molar-refractivity contribution >= 4 is 5.97 Å². The van der Waals surface area contributed by atoms with Crippen LogP contribution in [0.25, 0.3) is 0 Å². The Kier molecular flexibility index (Phi) is 4.08. The standard InChI is InChI=1S/C14H25NO2/c1-12(6-7-13(16)17)15-10-14(11-15)8-4-2-3-5-9-14/h12H,2-11H2,1H3,(H,16,17). The van der Waals surface area contributed by atoms with Crippen molar-refractivity contribution in [2.45, 2.75) is 64.3 Å². The molecule has 1 saturated heterocycles. The molecule has 1 saturated carbocycles. The lowest BCUT2D eigenvalue weighted by Crippen LogP contribution is -2.59. The fourth-order valence-electron chi connectivity index (χ4n) is 3.44. The van der Waals surface area contributed by atoms with E-state index in [2.05, 4.69) is 11.8 Å². The molecule has 0 radical (unpaired) electrons. The summed E-state index contributed by atoms with van der Waals surface area (Å²) in [6, 6.07) is 0.444. The third-order valence-corrected chi connectivity index (χ3v) is 4.64. The van der Waals surface area contributed by atoms with Gasteiger partial charge in [0.25, 0.3) is 0 Å². The molecule has 0 bridgehead atoms. The number of aliphatic carboxylic acids is 1. The van der Waals surface area contributed by atoms with Gasteiger partial charge in [-0.25, -0.2) is 0 Å². The van der Waals surface area contributed by atoms with Crippen molar-refractivity contribution in [1.29, 1.82) is 0 Å². The van der Waals surface area contributed by atoms with Crippen molar-refractivity contribution in [2.24, 2.45) is 5.41 Å². The molecule has 1 heterocycles. The van der Waals surface area contributed by atoms with E-state index in [0.29, 0.717) is 17.9 Å². The van der Waals surface area contributed by atoms with E-state index in [-0.39, 0.29) is 0 Å². The summed E-state index contributed by atoms with van der Waals surface area (Å²) < 4.78 is 0. The predicted molar refractivity (Wildman–Crippen MR) is 68.0 cm³/mol. The second-order valence-corrected chi connectivity index (χ2v) is 6.10. The minimum Gasteiger partial charge on any atom is -0.481 e. The molecule has 2 fully saturated rings. The SMILES string of the molecule is CC(CCC(=O)O)N1CC2(CCCCCC2)C1. The van der Waals surface area contributed by atoms with Crippen LogP contribution in [0.15, 0.2) is 0 Å². The number of rotatable bonds is 4. The molecule has 3 nitrogen and oxygen atoms in total. The van der Waals surface area contributed by atoms with Crippen molar-refractivity contribution in [3.05, 3.63) is 0 Å². The molecule has 0 aromatic heterocycles. The van der Waals surface area contributed by atoms with E-state index in [0.717, 1.165) is 6.42 Å². The fraction of sp³-hybridized carbons (Fsp3) is 0.929. The number of carboxylic acid groups (broad SMARTS) is 1. The van der Waals surface area contributed by atoms with Gasteiger partial charge in [-0.3, -0.25) is 9.69 Å². The fourth-order valence-corrected chi connectivity index (χ4v) is 3.44. The molecule has 0 aromatic rings. The molecule has 3 heteroatoms. The molecule has 17 heavy (non-hydrogen) atoms. The van der Waals surface area contributed by atoms with Gasteiger partial charge in [0.1, 0.15) is 0 Å². The maximum atomic E-state index is 10.6. The van der Waals surface area contributed by atoms with Gasteiger partial charge in [-0.05, 0) is 31.6 Å². The van der Waals surface area contributed by atoms with Crippen LogP contribution in [0.2, 0.25) is 0 Å². The molecule has 2 rings (SSSR count). The number of hydrogen-bond donors (Lipinski definition) is 1. The summed E-state index contributed by atoms with van der Waals surface area (Å²) in [7, 11) is 0. The van der Waals surface area contributed by atoms with Crippen LogP contribution >= 0.6 is 0 Å². The van der Waals surface area contributed by atoms with Crippen molar-refractivity contribution in [2.75, 3.05) is 13.1 Å². The van der Waals surface area contributed by atoms with Crippen LogP contribution in [0.4, 0.5) is 0 Å². The lowest BCUT2D eigenvalue weighted by Gasteiger charge is -2.53. The molecule has 1 spiro atoms. The Balaban J connectivity index is 1.74. The van der Waals surface area contributed by atoms with Crippen LogP contribution in [-0.2, 0) is 4.79 Å². The third kappa shape index (κ3) is 3.21. The number of likely N-dealkylation sites (tertiary alicyclic amines) is 1. The van der Waals surface area contributed by atoms with Crippen LogP contribution in [0, 0.1) is 5.41 Å². The Labute approximate surface area is 104 Å². The Morgan fingerprint density at radius 3 is 2.35 bits per heavy atom. The summed E-state index contributed by atoms with van der Waals surface area (Å²) in [5.74, 6) is -0.665. The predicted octanol–water partition coefficient (Wildman–Crippen LogP) is 2.90. The van der Waals surface area contributed by atoms with E-state index in [9.17, 15) is 4.79 Å². The monoisotopic (exact) mass is 239 g/mol. The third-order valence-electron chi connectivity index (χ3n) is 4.64. The molecular formula is C14H25NO2. The van der Waals surface area contributed by atoms with Crippen molar-refractivity contribution in [3.63, 3.8) is 0 Å². The molecule has 98 valence electrons. The highest BCUT2D eigenvalue weighted by atomic mass is 16.4. The lowest BCUT2D eigenvalue weighted by molar-refractivity contribution is -0.137. The molecule has 1 aliphatic carbocycles. The van der Waals surface area contributed by atoms with Gasteiger partial charge in [0.05, 0.1) is 0 Å². The first-order chi connectivity index (χ1) is 8.11. The molecule has 1 unspecified atom stereocenters. The first-order valence-corrected chi connectivity index (χ1v) is 7.07. The van der Waals surface area contributed by atoms with Gasteiger partial charge in [0.15, 0.2) is 0 Å². The van der Waals surface area contributed by atoms with Gasteiger partial charge in [-0.15, -0.1) is 0 Å². The zero-order valence-corrected chi connectivity index (χ0v) is 11.0. The maximum absolute atomic E-state index is 10.6. The molecule has 1 N–H and O–H groups in total. The summed E-state index contributed by atoms with van der Waals surface area (Å²) in [6.07, 6.45) is 9.53. The molecule has 2 aliphatic rings. The van der Waals surface area contributed by atoms with Crippen LogP contribution in [-0.4, -0.2) is 35.1 Å². The normalized spacial score (nSPS) is 26.2. The Hall–Kier alpha value is -0.570. The van der Waals surface area contributed by atoms with E-state index in [4.69, 9.17) is 5.11 Å². The maximum Gasteiger partial charge on any atom is 0.303 e. The molecule has 1 aliphatic heterocycles. The highest BCUT2D eigenvalue weighted by Gasteiger charge is 2.43. The first-order valence-electron chi connectivity index (χ1n) is 7.07. The van der Waals surface area contributed by atoms with Crippen LogP contribution in [0.3, 0.4) is 0 Å². The summed E-state index contributed by atoms with van der Waals surface area (Å²) in [6.45, 7) is 4.61. The molecular weight excluding hydrogens is 214 g/mol. The van der Waals surface area contributed by atoms with E-state index < -0.39 is 5.97 Å². The van der Waals surface area contributed by atoms with Crippen molar-refractivity contribution in [3.8, 4) is 0 Å². The number of hydrogen-bond acceptors (Lipinski definition) is 2. The van der Waals surface area contributed by atoms with Gasteiger partial charge in [0, 0.05) is 25.6 Å². The lowest BCUT2D eigenvalue weighted by atomic mass is 9.73. The van der Waals surface area contributed by atoms with Crippen LogP contribution in [0.5, 0.6) is 0 Å². The Morgan fingerprint density at radius 2 is 1.82 bits per heavy atom. The average molecular weight is 239 g/mol. The summed E-state index contributed by atoms with van der Waals surface area (Å²) in [5, 5.41) is 8.70. The highest BCUT2D eigenvalue weighted by molar-refractivity contribution is 5.66. The van der Waals surface area contributed by atoms with E-state index >= 15 is 0 Å². The topological polar surface area (TPSA) is 40.5 Å². The first kappa shape index (κ1) is 12.9. The second kappa shape index (κ2) is 5.38. The quantitative estimate of drug-likeness (QED) is 0.820. The number of nitrogens with zero attached hydrogens (tertiary/aromatic N) is 1. The number of carboxylic acids is 1. The van der Waals surface area contributed by atoms with Crippen LogP contribution in [0.1, 0.15) is 58.3 Å². The van der Waals surface area contributed by atoms with Crippen molar-refractivity contribution < 1.29 is 9.90 Å². The molecule has 1 atom stereocenters. The Morgan fingerprint density at radius 1 is 1.24 bits per heavy atom. The molecule has 0 amide bonds. The van der Waals surface area contributed by atoms with Gasteiger partial charge in [-0.2, -0.15) is 0 Å². The summed E-state index contributed by atoms with van der Waals surface area (Å²) in [5.41, 5.74) is 0.605. The van der Waals surface area contributed by atoms with Gasteiger partial charge in [-0.1, -0.05) is 25.7 Å². The van der Waals surface area contributed by atoms with Crippen molar-refractivity contribution in [1.82, 2.24) is 4.90 Å². The summed E-state index contributed by atoms with van der Waals surface area (Å²) in [4.78, 5) is 13.0. The number of carbonyl (C=O) groups is 1.